The van der Waals surface area contributed by atoms with Crippen LogP contribution in [0.4, 0.5) is 0 Å². The summed E-state index contributed by atoms with van der Waals surface area (Å²) in [5, 5.41) is 40.2. The molecular formula is C56H83N11O14S2. The number of hydrogen-bond donors (Lipinski definition) is 6. The Bertz CT molecular complexity index is 3600. The van der Waals surface area contributed by atoms with Gasteiger partial charge >= 0.3 is 5.97 Å². The number of hydrogen-bond acceptors (Lipinski definition) is 18. The number of ether oxygens (including phenoxy) is 3. The van der Waals surface area contributed by atoms with Crippen LogP contribution < -0.4 is 26.1 Å². The molecule has 2 unspecified atom stereocenters. The largest absolute Gasteiger partial charge is 0.493 e. The number of aryl methyl sites for hydroxylation is 4. The zero-order valence-corrected chi connectivity index (χ0v) is 49.0. The average Bonchev–Trinajstić information content (AvgIpc) is 4.09. The number of carbonyl (C=O) groups excluding carboxylic acids is 2. The minimum Gasteiger partial charge on any atom is -0.493 e. The third-order valence-corrected chi connectivity index (χ3v) is 18.2. The van der Waals surface area contributed by atoms with Crippen molar-refractivity contribution in [2.24, 2.45) is 0 Å². The number of fused-ring (bicyclic) bond motifs is 2. The first kappa shape index (κ1) is 67.2. The Morgan fingerprint density at radius 2 is 1.01 bits per heavy atom. The van der Waals surface area contributed by atoms with E-state index in [1.807, 2.05) is 34.9 Å². The Labute approximate surface area is 485 Å². The summed E-state index contributed by atoms with van der Waals surface area (Å²) in [6.07, 6.45) is -0.860. The van der Waals surface area contributed by atoms with E-state index in [1.54, 1.807) is 39.8 Å². The summed E-state index contributed by atoms with van der Waals surface area (Å²) in [7, 11) is -3.72. The number of likely N-dealkylation sites (N-methyl/N-ethyl adjacent to an activating group) is 2. The highest BCUT2D eigenvalue weighted by Gasteiger charge is 2.33. The van der Waals surface area contributed by atoms with Crippen LogP contribution in [-0.4, -0.2) is 178 Å². The Morgan fingerprint density at radius 1 is 0.627 bits per heavy atom. The van der Waals surface area contributed by atoms with Gasteiger partial charge in [0.15, 0.2) is 11.6 Å². The van der Waals surface area contributed by atoms with Crippen LogP contribution in [0.5, 0.6) is 11.5 Å². The van der Waals surface area contributed by atoms with Crippen molar-refractivity contribution in [3.8, 4) is 34.3 Å². The van der Waals surface area contributed by atoms with Crippen LogP contribution in [-0.2, 0) is 47.2 Å². The third kappa shape index (κ3) is 14.3. The van der Waals surface area contributed by atoms with Gasteiger partial charge in [0.05, 0.1) is 65.8 Å². The van der Waals surface area contributed by atoms with Crippen LogP contribution in [0.2, 0.25) is 0 Å². The monoisotopic (exact) mass is 1200 g/mol. The summed E-state index contributed by atoms with van der Waals surface area (Å²) in [6.45, 7) is 17.4. The molecule has 83 heavy (non-hydrogen) atoms. The second-order valence-electron chi connectivity index (χ2n) is 20.0. The highest BCUT2D eigenvalue weighted by Crippen LogP contribution is 2.36. The Morgan fingerprint density at radius 3 is 1.36 bits per heavy atom. The first-order valence-corrected chi connectivity index (χ1v) is 30.1. The zero-order valence-electron chi connectivity index (χ0n) is 47.4. The lowest BCUT2D eigenvalue weighted by Gasteiger charge is -2.31. The number of aliphatic hydroxyl groups is 2. The number of nitrogens with one attached hydrogen (secondary N) is 3. The molecule has 2 saturated heterocycles. The predicted molar refractivity (Wildman–Crippen MR) is 314 cm³/mol. The predicted octanol–water partition coefficient (Wildman–Crippen LogP) is 4.76. The minimum absolute atomic E-state index is 0. The van der Waals surface area contributed by atoms with Gasteiger partial charge in [-0.05, 0) is 109 Å². The highest BCUT2D eigenvalue weighted by atomic mass is 32.2. The Balaban J connectivity index is 0.000000297. The molecule has 2 fully saturated rings. The number of H-pyrrole nitrogens is 2. The maximum Gasteiger partial charge on any atom is 0.308 e. The molecule has 0 saturated carbocycles. The van der Waals surface area contributed by atoms with Gasteiger partial charge in [0.2, 0.25) is 26.0 Å². The molecule has 2 aliphatic rings. The molecule has 2 aromatic carbocycles. The number of piperazine rings is 2. The molecule has 1 amide bonds. The van der Waals surface area contributed by atoms with Gasteiger partial charge in [0, 0.05) is 74.9 Å². The quantitative estimate of drug-likeness (QED) is 0.0321. The van der Waals surface area contributed by atoms with Gasteiger partial charge in [-0.15, -0.1) is 10.2 Å². The van der Waals surface area contributed by atoms with Gasteiger partial charge in [0.1, 0.15) is 22.5 Å². The Kier molecular flexibility index (Phi) is 23.3. The summed E-state index contributed by atoms with van der Waals surface area (Å²) in [5.41, 5.74) is 4.58. The molecule has 2 aliphatic heterocycles. The van der Waals surface area contributed by atoms with Gasteiger partial charge in [-0.25, -0.2) is 31.3 Å². The molecule has 6 heterocycles. The number of hydroxylamine groups is 1. The molecule has 6 aromatic rings. The SMILES string of the molecule is C.C.CCCc1c(C(O)CC(=O)NO)c(C)c2c(=O)[nH]c(-c3cc(S(=O)(=O)N4CCN(C)CC4)ccc3OCC)nn12.CCCc1c(C(O)CC(=O)OCC)c(C)c2c(=O)[nH]c(-c3cc(S(=O)(=O)N4CCN(C)CC4)ccc3OCC)nn12. The van der Waals surface area contributed by atoms with Crippen molar-refractivity contribution in [2.45, 2.75) is 124 Å². The maximum absolute atomic E-state index is 13.5. The smallest absolute Gasteiger partial charge is 0.308 e. The van der Waals surface area contributed by atoms with Crippen molar-refractivity contribution < 1.29 is 56.1 Å². The lowest BCUT2D eigenvalue weighted by molar-refractivity contribution is -0.145. The van der Waals surface area contributed by atoms with Gasteiger partial charge in [0.25, 0.3) is 11.1 Å². The van der Waals surface area contributed by atoms with Crippen LogP contribution in [0.3, 0.4) is 0 Å². The molecule has 8 rings (SSSR count). The fraction of sp³-hybridized carbons (Fsp3) is 0.536. The number of nitrogens with zero attached hydrogens (tertiary/aromatic N) is 8. The zero-order chi connectivity index (χ0) is 59.1. The molecule has 27 heteroatoms. The highest BCUT2D eigenvalue weighted by molar-refractivity contribution is 7.89. The summed E-state index contributed by atoms with van der Waals surface area (Å²) in [4.78, 5) is 60.6. The van der Waals surface area contributed by atoms with E-state index in [4.69, 9.17) is 24.5 Å². The molecule has 25 nitrogen and oxygen atoms in total. The van der Waals surface area contributed by atoms with Crippen LogP contribution in [0.15, 0.2) is 55.8 Å². The normalized spacial score (nSPS) is 15.4. The first-order chi connectivity index (χ1) is 38.6. The number of amides is 1. The van der Waals surface area contributed by atoms with Crippen molar-refractivity contribution in [2.75, 3.05) is 86.3 Å². The number of aromatic nitrogens is 6. The van der Waals surface area contributed by atoms with Crippen LogP contribution >= 0.6 is 0 Å². The second kappa shape index (κ2) is 28.8. The maximum atomic E-state index is 13.5. The van der Waals surface area contributed by atoms with Gasteiger partial charge in [-0.2, -0.15) is 8.61 Å². The van der Waals surface area contributed by atoms with E-state index >= 15 is 0 Å². The van der Waals surface area contributed by atoms with Crippen molar-refractivity contribution in [1.29, 1.82) is 0 Å². The van der Waals surface area contributed by atoms with Crippen molar-refractivity contribution >= 4 is 43.0 Å². The number of aromatic amines is 2. The number of benzene rings is 2. The first-order valence-electron chi connectivity index (χ1n) is 27.2. The van der Waals surface area contributed by atoms with Crippen LogP contribution in [0.1, 0.15) is 121 Å². The number of rotatable bonds is 21. The van der Waals surface area contributed by atoms with Gasteiger partial charge in [-0.1, -0.05) is 41.5 Å². The van der Waals surface area contributed by atoms with E-state index in [1.165, 1.54) is 47.4 Å². The van der Waals surface area contributed by atoms with E-state index in [-0.39, 0.29) is 60.4 Å². The van der Waals surface area contributed by atoms with E-state index in [0.29, 0.717) is 148 Å². The fourth-order valence-electron chi connectivity index (χ4n) is 10.4. The summed E-state index contributed by atoms with van der Waals surface area (Å²) in [6, 6.07) is 9.07. The number of esters is 1. The summed E-state index contributed by atoms with van der Waals surface area (Å²) >= 11 is 0. The third-order valence-electron chi connectivity index (χ3n) is 14.4. The van der Waals surface area contributed by atoms with E-state index < -0.39 is 61.7 Å². The number of sulfonamides is 2. The molecule has 0 radical (unpaired) electrons. The van der Waals surface area contributed by atoms with Crippen LogP contribution in [0, 0.1) is 13.8 Å². The molecule has 4 aromatic heterocycles. The second-order valence-corrected chi connectivity index (χ2v) is 23.8. The molecular weight excluding hydrogens is 1110 g/mol. The molecule has 2 atom stereocenters. The number of carbonyl (C=O) groups is 2. The molecule has 0 aliphatic carbocycles. The van der Waals surface area contributed by atoms with Crippen molar-refractivity contribution in [1.82, 2.24) is 53.1 Å². The van der Waals surface area contributed by atoms with Crippen LogP contribution in [0.25, 0.3) is 33.8 Å². The molecule has 458 valence electrons. The number of aliphatic hydroxyl groups excluding tert-OH is 2. The lowest BCUT2D eigenvalue weighted by atomic mass is 10.00. The fourth-order valence-corrected chi connectivity index (χ4v) is 13.3. The van der Waals surface area contributed by atoms with E-state index in [2.05, 4.69) is 24.9 Å². The van der Waals surface area contributed by atoms with Crippen molar-refractivity contribution in [3.63, 3.8) is 0 Å². The van der Waals surface area contributed by atoms with Gasteiger partial charge in [-0.3, -0.25) is 24.4 Å². The summed E-state index contributed by atoms with van der Waals surface area (Å²) < 4.78 is 76.5. The molecule has 6 N–H and O–H groups in total. The standard InChI is InChI=1S/C28H39N5O7S.C26H36N6O7S.2CH4/c1-6-9-21-25(22(34)17-24(35)40-8-3)18(4)26-28(36)29-27(30-33(21)26)20-16-19(10-11-23(20)39-7-2)41(37,38)32-14-12-31(5)13-15-32;1-5-7-19-23(20(33)15-22(34)29-36)16(3)24-26(35)27-25(28-32(19)24)18-14-17(8-9-21(18)39-6-2)40(37,38)31-12-10-30(4)11-13-31;;/h10-11,16,22,34H,6-9,12-15,17H2,1-5H3,(H,29,30,36);8-9,14,20,33,36H,5-7,10-13,15H2,1-4H3,(H,29,34)(H,27,28,35);2*1H4. The molecule has 0 bridgehead atoms. The lowest BCUT2D eigenvalue weighted by Crippen LogP contribution is -2.47. The van der Waals surface area contributed by atoms with Gasteiger partial charge < -0.3 is 44.2 Å². The van der Waals surface area contributed by atoms with Crippen molar-refractivity contribution in [3.05, 3.63) is 90.7 Å². The average molecular weight is 1200 g/mol. The Hall–Kier alpha value is -6.56. The topological polar surface area (TPSA) is 316 Å². The van der Waals surface area contributed by atoms with E-state index in [9.17, 15) is 46.2 Å². The summed E-state index contributed by atoms with van der Waals surface area (Å²) in [5.74, 6) is -0.372. The minimum atomic E-state index is -3.81. The molecule has 0 spiro atoms. The van der Waals surface area contributed by atoms with E-state index in [0.717, 1.165) is 0 Å².